The number of benzene rings is 6. The van der Waals surface area contributed by atoms with Crippen molar-refractivity contribution in [3.63, 3.8) is 0 Å². The molecule has 278 valence electrons. The van der Waals surface area contributed by atoms with Gasteiger partial charge in [0.05, 0.1) is 11.2 Å². The van der Waals surface area contributed by atoms with Gasteiger partial charge < -0.3 is 4.42 Å². The first-order valence-electron chi connectivity index (χ1n) is 20.2. The van der Waals surface area contributed by atoms with Crippen molar-refractivity contribution in [3.05, 3.63) is 192 Å². The quantitative estimate of drug-likeness (QED) is 0.170. The lowest BCUT2D eigenvalue weighted by Crippen LogP contribution is -2.11. The molecule has 0 fully saturated rings. The van der Waals surface area contributed by atoms with Gasteiger partial charge in [0.15, 0.2) is 17.4 Å². The second-order valence-corrected chi connectivity index (χ2v) is 15.7. The maximum Gasteiger partial charge on any atom is 0.238 e. The molecule has 2 aliphatic rings. The molecular weight excluding hydrogens is 709 g/mol. The topological polar surface area (TPSA) is 56.7 Å². The van der Waals surface area contributed by atoms with Crippen molar-refractivity contribution in [3.8, 4) is 51.3 Å². The van der Waals surface area contributed by atoms with Gasteiger partial charge in [0, 0.05) is 27.5 Å². The first kappa shape index (κ1) is 34.2. The van der Waals surface area contributed by atoms with Gasteiger partial charge in [-0.1, -0.05) is 153 Å². The van der Waals surface area contributed by atoms with Gasteiger partial charge in [0.1, 0.15) is 5.58 Å². The number of para-hydroxylation sites is 2. The molecule has 11 rings (SSSR count). The largest absolute Gasteiger partial charge is 0.454 e. The van der Waals surface area contributed by atoms with E-state index < -0.39 is 0 Å². The Hall–Kier alpha value is -7.11. The lowest BCUT2D eigenvalue weighted by Gasteiger charge is -2.22. The fourth-order valence-corrected chi connectivity index (χ4v) is 9.13. The van der Waals surface area contributed by atoms with Gasteiger partial charge in [-0.3, -0.25) is 4.57 Å². The van der Waals surface area contributed by atoms with Crippen LogP contribution in [0.3, 0.4) is 0 Å². The Morgan fingerprint density at radius 3 is 1.91 bits per heavy atom. The van der Waals surface area contributed by atoms with E-state index in [2.05, 4.69) is 164 Å². The van der Waals surface area contributed by atoms with E-state index in [-0.39, 0.29) is 5.92 Å². The molecule has 0 saturated heterocycles. The number of aromatic nitrogens is 4. The average molecular weight is 749 g/mol. The van der Waals surface area contributed by atoms with Gasteiger partial charge in [-0.2, -0.15) is 9.97 Å². The molecule has 0 amide bonds. The highest BCUT2D eigenvalue weighted by Crippen LogP contribution is 2.49. The molecular formula is C53H40N4O. The number of fused-ring (bicyclic) bond motifs is 7. The number of rotatable bonds is 6. The summed E-state index contributed by atoms with van der Waals surface area (Å²) in [6.45, 7) is 4.62. The minimum Gasteiger partial charge on any atom is -0.454 e. The third-order valence-electron chi connectivity index (χ3n) is 12.0. The molecule has 0 radical (unpaired) electrons. The summed E-state index contributed by atoms with van der Waals surface area (Å²) in [5.74, 6) is 3.38. The number of hydrogen-bond donors (Lipinski definition) is 0. The van der Waals surface area contributed by atoms with Crippen LogP contribution < -0.4 is 0 Å². The number of furan rings is 1. The predicted octanol–water partition coefficient (Wildman–Crippen LogP) is 13.4. The molecule has 3 heterocycles. The first-order chi connectivity index (χ1) is 28.6. The van der Waals surface area contributed by atoms with Crippen molar-refractivity contribution in [2.24, 2.45) is 5.92 Å². The summed E-state index contributed by atoms with van der Waals surface area (Å²) in [4.78, 5) is 16.0. The SMILES string of the molecule is CC1CC=C(c2cc(-c3ccccc3)cc(-c3nc(-c4ccccc4)nc(-n4c5c(c6ccccc64)CC(C)c4c-5oc5ccccc45)n3)c2)C=C1c1ccccc1. The number of allylic oxidation sites excluding steroid dienone is 4. The van der Waals surface area contributed by atoms with Gasteiger partial charge in [0.2, 0.25) is 5.95 Å². The summed E-state index contributed by atoms with van der Waals surface area (Å²) in [5, 5.41) is 2.35. The molecule has 0 bridgehead atoms. The Labute approximate surface area is 337 Å². The summed E-state index contributed by atoms with van der Waals surface area (Å²) in [6.07, 6.45) is 6.60. The van der Waals surface area contributed by atoms with Crippen LogP contribution >= 0.6 is 0 Å². The zero-order chi connectivity index (χ0) is 38.7. The van der Waals surface area contributed by atoms with Gasteiger partial charge in [-0.15, -0.1) is 0 Å². The average Bonchev–Trinajstić information content (AvgIpc) is 3.84. The second kappa shape index (κ2) is 13.8. The van der Waals surface area contributed by atoms with E-state index in [0.717, 1.165) is 68.6 Å². The van der Waals surface area contributed by atoms with E-state index in [1.54, 1.807) is 0 Å². The molecule has 2 atom stereocenters. The molecule has 5 nitrogen and oxygen atoms in total. The number of nitrogens with zero attached hydrogens (tertiary/aromatic N) is 4. The van der Waals surface area contributed by atoms with E-state index in [0.29, 0.717) is 23.5 Å². The van der Waals surface area contributed by atoms with Gasteiger partial charge in [-0.05, 0) is 94.0 Å². The maximum absolute atomic E-state index is 6.80. The van der Waals surface area contributed by atoms with E-state index in [9.17, 15) is 0 Å². The van der Waals surface area contributed by atoms with Crippen molar-refractivity contribution < 1.29 is 4.42 Å². The Morgan fingerprint density at radius 1 is 0.552 bits per heavy atom. The summed E-state index contributed by atoms with van der Waals surface area (Å²) >= 11 is 0. The molecule has 2 unspecified atom stereocenters. The standard InChI is InChI=1S/C53H40N4O/c1-33-26-27-38(32-44(33)36-18-8-4-9-19-36)40-29-39(35-16-6-3-7-17-35)30-41(31-40)52-54-51(37-20-10-5-11-21-37)55-53(56-52)57-46-24-14-12-22-42(46)45-28-34(2)48-43-23-13-15-25-47(43)58-50(48)49(45)57/h3-25,27,29-34H,26,28H2,1-2H3. The van der Waals surface area contributed by atoms with Gasteiger partial charge in [0.25, 0.3) is 0 Å². The van der Waals surface area contributed by atoms with Crippen LogP contribution in [-0.4, -0.2) is 19.5 Å². The monoisotopic (exact) mass is 748 g/mol. The third-order valence-corrected chi connectivity index (χ3v) is 12.0. The van der Waals surface area contributed by atoms with Gasteiger partial charge >= 0.3 is 0 Å². The highest BCUT2D eigenvalue weighted by atomic mass is 16.3. The van der Waals surface area contributed by atoms with E-state index in [1.807, 2.05) is 24.3 Å². The zero-order valence-electron chi connectivity index (χ0n) is 32.4. The van der Waals surface area contributed by atoms with Crippen molar-refractivity contribution in [2.45, 2.75) is 32.6 Å². The summed E-state index contributed by atoms with van der Waals surface area (Å²) < 4.78 is 9.02. The minimum absolute atomic E-state index is 0.284. The summed E-state index contributed by atoms with van der Waals surface area (Å²) in [6, 6.07) is 55.4. The Kier molecular flexibility index (Phi) is 8.14. The Balaban J connectivity index is 1.16. The van der Waals surface area contributed by atoms with Crippen LogP contribution in [0.4, 0.5) is 0 Å². The zero-order valence-corrected chi connectivity index (χ0v) is 32.4. The van der Waals surface area contributed by atoms with Crippen LogP contribution in [0.2, 0.25) is 0 Å². The van der Waals surface area contributed by atoms with Crippen LogP contribution in [0.5, 0.6) is 0 Å². The van der Waals surface area contributed by atoms with Crippen LogP contribution in [0.1, 0.15) is 48.4 Å². The highest BCUT2D eigenvalue weighted by molar-refractivity contribution is 5.98. The van der Waals surface area contributed by atoms with Crippen molar-refractivity contribution in [1.82, 2.24) is 19.5 Å². The molecule has 0 saturated carbocycles. The maximum atomic E-state index is 6.80. The smallest absolute Gasteiger partial charge is 0.238 e. The molecule has 58 heavy (non-hydrogen) atoms. The third kappa shape index (κ3) is 5.73. The Morgan fingerprint density at radius 2 is 1.16 bits per heavy atom. The van der Waals surface area contributed by atoms with Crippen LogP contribution in [0.15, 0.2) is 174 Å². The molecule has 0 spiro atoms. The van der Waals surface area contributed by atoms with E-state index in [4.69, 9.17) is 19.4 Å². The highest BCUT2D eigenvalue weighted by Gasteiger charge is 2.34. The summed E-state index contributed by atoms with van der Waals surface area (Å²) in [7, 11) is 0. The normalized spacial score (nSPS) is 16.2. The van der Waals surface area contributed by atoms with Crippen LogP contribution in [0.25, 0.3) is 84.3 Å². The molecule has 5 heteroatoms. The molecule has 6 aromatic carbocycles. The first-order valence-corrected chi connectivity index (χ1v) is 20.2. The fourth-order valence-electron chi connectivity index (χ4n) is 9.13. The molecule has 9 aromatic rings. The molecule has 0 aliphatic heterocycles. The molecule has 0 N–H and O–H groups in total. The van der Waals surface area contributed by atoms with Crippen molar-refractivity contribution >= 4 is 33.0 Å². The molecule has 3 aromatic heterocycles. The van der Waals surface area contributed by atoms with Crippen LogP contribution in [-0.2, 0) is 6.42 Å². The second-order valence-electron chi connectivity index (χ2n) is 15.7. The number of hydrogen-bond acceptors (Lipinski definition) is 4. The van der Waals surface area contributed by atoms with Crippen molar-refractivity contribution in [2.75, 3.05) is 0 Å². The van der Waals surface area contributed by atoms with Crippen LogP contribution in [0, 0.1) is 5.92 Å². The Bertz CT molecular complexity index is 3080. The summed E-state index contributed by atoms with van der Waals surface area (Å²) in [5.41, 5.74) is 14.5. The molecule has 2 aliphatic carbocycles. The van der Waals surface area contributed by atoms with E-state index in [1.165, 1.54) is 33.2 Å². The minimum atomic E-state index is 0.284. The van der Waals surface area contributed by atoms with E-state index >= 15 is 0 Å². The lowest BCUT2D eigenvalue weighted by molar-refractivity contribution is 0.603. The van der Waals surface area contributed by atoms with Gasteiger partial charge in [-0.25, -0.2) is 4.98 Å². The predicted molar refractivity (Wildman–Crippen MR) is 236 cm³/mol. The lowest BCUT2D eigenvalue weighted by atomic mass is 9.83. The fraction of sp³-hybridized carbons (Fsp3) is 0.113. The van der Waals surface area contributed by atoms with Crippen molar-refractivity contribution in [1.29, 1.82) is 0 Å².